The van der Waals surface area contributed by atoms with Crippen molar-refractivity contribution in [2.75, 3.05) is 19.7 Å². The van der Waals surface area contributed by atoms with Gasteiger partial charge in [0.1, 0.15) is 0 Å². The maximum absolute atomic E-state index is 12.7. The first-order chi connectivity index (χ1) is 14.9. The highest BCUT2D eigenvalue weighted by Gasteiger charge is 2.24. The minimum Gasteiger partial charge on any atom is -0.452 e. The van der Waals surface area contributed by atoms with Crippen LogP contribution in [0.2, 0.25) is 0 Å². The lowest BCUT2D eigenvalue weighted by Crippen LogP contribution is -2.34. The van der Waals surface area contributed by atoms with E-state index in [4.69, 9.17) is 4.74 Å². The Hall–Kier alpha value is -2.71. The number of ether oxygens (including phenoxy) is 1. The second-order valence-corrected chi connectivity index (χ2v) is 9.34. The molecule has 0 saturated heterocycles. The van der Waals surface area contributed by atoms with Crippen LogP contribution in [0.1, 0.15) is 54.2 Å². The molecule has 31 heavy (non-hydrogen) atoms. The lowest BCUT2D eigenvalue weighted by molar-refractivity contribution is -0.125. The summed E-state index contributed by atoms with van der Waals surface area (Å²) in [4.78, 5) is 24.8. The molecule has 0 aliphatic heterocycles. The van der Waals surface area contributed by atoms with Crippen LogP contribution in [-0.2, 0) is 26.0 Å². The molecule has 0 bridgehead atoms. The van der Waals surface area contributed by atoms with Crippen molar-refractivity contribution in [2.24, 2.45) is 0 Å². The molecular formula is C23H28N2O5S. The molecule has 166 valence electrons. The van der Waals surface area contributed by atoms with Gasteiger partial charge in [-0.05, 0) is 48.6 Å². The Morgan fingerprint density at radius 3 is 2.58 bits per heavy atom. The van der Waals surface area contributed by atoms with E-state index in [1.54, 1.807) is 13.8 Å². The van der Waals surface area contributed by atoms with E-state index in [2.05, 4.69) is 11.4 Å². The number of nitrogens with zero attached hydrogens (tertiary/aromatic N) is 1. The van der Waals surface area contributed by atoms with Gasteiger partial charge in [-0.2, -0.15) is 4.31 Å². The molecule has 8 heteroatoms. The van der Waals surface area contributed by atoms with Crippen LogP contribution in [0.25, 0.3) is 0 Å². The molecule has 0 heterocycles. The standard InChI is InChI=1S/C23H28N2O5S/c1-3-25(4-2)31(28,29)19-12-7-11-18(15-19)23(27)30-16-22(26)24-21-14-8-10-17-9-5-6-13-20(17)21/h5-7,9,11-13,15,21H,3-4,8,10,14,16H2,1-2H3,(H,24,26)/t21-/m0/s1. The highest BCUT2D eigenvalue weighted by Crippen LogP contribution is 2.29. The van der Waals surface area contributed by atoms with Crippen LogP contribution in [0.3, 0.4) is 0 Å². The van der Waals surface area contributed by atoms with Crippen molar-refractivity contribution in [1.29, 1.82) is 0 Å². The van der Waals surface area contributed by atoms with Gasteiger partial charge in [-0.15, -0.1) is 0 Å². The Kier molecular flexibility index (Phi) is 7.46. The second-order valence-electron chi connectivity index (χ2n) is 7.40. The molecule has 0 fully saturated rings. The van der Waals surface area contributed by atoms with Gasteiger partial charge in [0, 0.05) is 13.1 Å². The van der Waals surface area contributed by atoms with Crippen LogP contribution in [-0.4, -0.2) is 44.3 Å². The van der Waals surface area contributed by atoms with Gasteiger partial charge in [0.2, 0.25) is 10.0 Å². The fourth-order valence-corrected chi connectivity index (χ4v) is 5.35. The normalized spacial score (nSPS) is 15.9. The largest absolute Gasteiger partial charge is 0.452 e. The molecule has 1 aliphatic rings. The Balaban J connectivity index is 1.62. The van der Waals surface area contributed by atoms with Crippen molar-refractivity contribution in [1.82, 2.24) is 9.62 Å². The van der Waals surface area contributed by atoms with Gasteiger partial charge in [0.25, 0.3) is 5.91 Å². The number of rotatable bonds is 8. The Labute approximate surface area is 183 Å². The van der Waals surface area contributed by atoms with E-state index in [1.807, 2.05) is 18.2 Å². The van der Waals surface area contributed by atoms with Gasteiger partial charge in [-0.3, -0.25) is 4.79 Å². The van der Waals surface area contributed by atoms with Crippen molar-refractivity contribution in [3.63, 3.8) is 0 Å². The lowest BCUT2D eigenvalue weighted by atomic mass is 9.88. The Morgan fingerprint density at radius 1 is 1.10 bits per heavy atom. The maximum Gasteiger partial charge on any atom is 0.338 e. The molecule has 0 aromatic heterocycles. The van der Waals surface area contributed by atoms with Gasteiger partial charge in [0.05, 0.1) is 16.5 Å². The summed E-state index contributed by atoms with van der Waals surface area (Å²) < 4.78 is 31.8. The fraction of sp³-hybridized carbons (Fsp3) is 0.391. The van der Waals surface area contributed by atoms with Crippen LogP contribution in [0.5, 0.6) is 0 Å². The van der Waals surface area contributed by atoms with Crippen LogP contribution in [0.15, 0.2) is 53.4 Å². The smallest absolute Gasteiger partial charge is 0.338 e. The van der Waals surface area contributed by atoms with Crippen LogP contribution < -0.4 is 5.32 Å². The predicted molar refractivity (Wildman–Crippen MR) is 117 cm³/mol. The number of carbonyl (C=O) groups excluding carboxylic acids is 2. The zero-order valence-electron chi connectivity index (χ0n) is 17.8. The Bertz CT molecular complexity index is 1050. The summed E-state index contributed by atoms with van der Waals surface area (Å²) in [5.41, 5.74) is 2.41. The van der Waals surface area contributed by atoms with E-state index in [0.717, 1.165) is 24.8 Å². The van der Waals surface area contributed by atoms with Crippen molar-refractivity contribution in [3.8, 4) is 0 Å². The molecule has 2 aromatic carbocycles. The highest BCUT2D eigenvalue weighted by molar-refractivity contribution is 7.89. The molecule has 3 rings (SSSR count). The van der Waals surface area contributed by atoms with Crippen molar-refractivity contribution in [3.05, 3.63) is 65.2 Å². The Morgan fingerprint density at radius 2 is 1.84 bits per heavy atom. The third kappa shape index (κ3) is 5.32. The fourth-order valence-electron chi connectivity index (χ4n) is 3.85. The van der Waals surface area contributed by atoms with Crippen LogP contribution >= 0.6 is 0 Å². The van der Waals surface area contributed by atoms with E-state index in [-0.39, 0.29) is 22.4 Å². The average molecular weight is 445 g/mol. The van der Waals surface area contributed by atoms with Crippen molar-refractivity contribution < 1.29 is 22.7 Å². The van der Waals surface area contributed by atoms with E-state index in [9.17, 15) is 18.0 Å². The topological polar surface area (TPSA) is 92.8 Å². The zero-order chi connectivity index (χ0) is 22.4. The van der Waals surface area contributed by atoms with E-state index < -0.39 is 22.6 Å². The minimum atomic E-state index is -3.69. The van der Waals surface area contributed by atoms with E-state index in [1.165, 1.54) is 34.1 Å². The molecule has 1 atom stereocenters. The first-order valence-corrected chi connectivity index (χ1v) is 11.9. The molecule has 2 aromatic rings. The van der Waals surface area contributed by atoms with Gasteiger partial charge in [-0.25, -0.2) is 13.2 Å². The third-order valence-electron chi connectivity index (χ3n) is 5.45. The summed E-state index contributed by atoms with van der Waals surface area (Å²) in [5.74, 6) is -1.13. The molecule has 7 nitrogen and oxygen atoms in total. The molecule has 0 radical (unpaired) electrons. The number of esters is 1. The number of fused-ring (bicyclic) bond motifs is 1. The summed E-state index contributed by atoms with van der Waals surface area (Å²) in [6.07, 6.45) is 2.81. The van der Waals surface area contributed by atoms with Crippen LogP contribution in [0.4, 0.5) is 0 Å². The average Bonchev–Trinajstić information content (AvgIpc) is 2.78. The molecule has 0 spiro atoms. The highest BCUT2D eigenvalue weighted by atomic mass is 32.2. The van der Waals surface area contributed by atoms with Gasteiger partial charge in [0.15, 0.2) is 6.61 Å². The second kappa shape index (κ2) is 10.1. The number of hydrogen-bond donors (Lipinski definition) is 1. The number of nitrogens with one attached hydrogen (secondary N) is 1. The third-order valence-corrected chi connectivity index (χ3v) is 7.50. The van der Waals surface area contributed by atoms with Gasteiger partial charge >= 0.3 is 5.97 Å². The summed E-state index contributed by atoms with van der Waals surface area (Å²) >= 11 is 0. The number of sulfonamides is 1. The first kappa shape index (κ1) is 23.0. The van der Waals surface area contributed by atoms with Crippen molar-refractivity contribution >= 4 is 21.9 Å². The summed E-state index contributed by atoms with van der Waals surface area (Å²) in [7, 11) is -3.69. The van der Waals surface area contributed by atoms with Crippen LogP contribution in [0, 0.1) is 0 Å². The molecule has 0 saturated carbocycles. The number of benzene rings is 2. The maximum atomic E-state index is 12.7. The predicted octanol–water partition coefficient (Wildman–Crippen LogP) is 3.07. The summed E-state index contributed by atoms with van der Waals surface area (Å²) in [6.45, 7) is 3.74. The first-order valence-electron chi connectivity index (χ1n) is 10.5. The SMILES string of the molecule is CCN(CC)S(=O)(=O)c1cccc(C(=O)OCC(=O)N[C@H]2CCCc3ccccc32)c1. The zero-order valence-corrected chi connectivity index (χ0v) is 18.7. The summed E-state index contributed by atoms with van der Waals surface area (Å²) in [5, 5.41) is 2.93. The molecule has 1 amide bonds. The van der Waals surface area contributed by atoms with E-state index >= 15 is 0 Å². The number of carbonyl (C=O) groups is 2. The monoisotopic (exact) mass is 444 g/mol. The molecule has 1 aliphatic carbocycles. The quantitative estimate of drug-likeness (QED) is 0.632. The summed E-state index contributed by atoms with van der Waals surface area (Å²) in [6, 6.07) is 13.6. The lowest BCUT2D eigenvalue weighted by Gasteiger charge is -2.26. The minimum absolute atomic E-state index is 0.0221. The molecule has 1 N–H and O–H groups in total. The van der Waals surface area contributed by atoms with Crippen molar-refractivity contribution in [2.45, 2.75) is 44.0 Å². The number of aryl methyl sites for hydroxylation is 1. The number of hydrogen-bond acceptors (Lipinski definition) is 5. The molecular weight excluding hydrogens is 416 g/mol. The number of amides is 1. The van der Waals surface area contributed by atoms with Gasteiger partial charge < -0.3 is 10.1 Å². The molecule has 0 unspecified atom stereocenters. The van der Waals surface area contributed by atoms with Gasteiger partial charge in [-0.1, -0.05) is 44.2 Å². The van der Waals surface area contributed by atoms with E-state index in [0.29, 0.717) is 13.1 Å².